The molecule has 7 N–H and O–H groups in total. The number of aromatic nitrogens is 16. The number of nitrogen functional groups attached to an aromatic ring is 1. The molecule has 0 aliphatic carbocycles. The summed E-state index contributed by atoms with van der Waals surface area (Å²) in [5, 5.41) is 49.6. The van der Waals surface area contributed by atoms with Crippen LogP contribution >= 0.6 is 27.0 Å². The van der Waals surface area contributed by atoms with Gasteiger partial charge >= 0.3 is 29.6 Å². The van der Waals surface area contributed by atoms with E-state index in [0.717, 1.165) is 0 Å². The molecule has 4 saturated heterocycles. The fourth-order valence-corrected chi connectivity index (χ4v) is 13.1. The van der Waals surface area contributed by atoms with Crippen molar-refractivity contribution in [2.75, 3.05) is 115 Å². The van der Waals surface area contributed by atoms with E-state index in [2.05, 4.69) is 204 Å². The summed E-state index contributed by atoms with van der Waals surface area (Å²) in [5.74, 6) is 6.68. The molecule has 8 aromatic heterocycles. The van der Waals surface area contributed by atoms with Crippen molar-refractivity contribution in [2.45, 2.75) is 230 Å². The normalized spacial score (nSPS) is 21.7. The zero-order valence-corrected chi connectivity index (χ0v) is 83.0. The van der Waals surface area contributed by atoms with Gasteiger partial charge in [-0.1, -0.05) is 111 Å². The van der Waals surface area contributed by atoms with Gasteiger partial charge in [-0.25, -0.2) is 74.8 Å². The summed E-state index contributed by atoms with van der Waals surface area (Å²) in [7, 11) is 13.1. The van der Waals surface area contributed by atoms with Crippen molar-refractivity contribution in [3.05, 3.63) is 50.6 Å². The second kappa shape index (κ2) is 49.1. The molecule has 4 aliphatic heterocycles. The van der Waals surface area contributed by atoms with E-state index >= 15 is 0 Å². The van der Waals surface area contributed by atoms with Gasteiger partial charge in [0.05, 0.1) is 100 Å². The van der Waals surface area contributed by atoms with Gasteiger partial charge in [-0.3, -0.25) is 23.2 Å². The fourth-order valence-electron chi connectivity index (χ4n) is 11.0. The van der Waals surface area contributed by atoms with Crippen LogP contribution in [0, 0.1) is 24.7 Å². The molecular weight excluding hydrogens is 1730 g/mol. The molecule has 38 nitrogen and oxygen atoms in total. The summed E-state index contributed by atoms with van der Waals surface area (Å²) in [4.78, 5) is 71.2. The maximum atomic E-state index is 10.5. The second-order valence-corrected chi connectivity index (χ2v) is 51.8. The summed E-state index contributed by atoms with van der Waals surface area (Å²) in [6, 6.07) is 0. The Morgan fingerprint density at radius 2 is 0.829 bits per heavy atom. The first-order valence-electron chi connectivity index (χ1n) is 39.4. The molecule has 8 aromatic rings. The zero-order chi connectivity index (χ0) is 90.3. The van der Waals surface area contributed by atoms with Crippen LogP contribution < -0.4 is 35.3 Å². The molecule has 0 aromatic carbocycles. The number of rotatable bonds is 23. The second-order valence-electron chi connectivity index (χ2n) is 34.3. The SMILES string of the molecule is C.C#CCBr.C#CCOC1CC(n2cnc3c(N=CN(C)C)ncnc32)OC1CO[Si](C)(C)C(C)(C)C.CC(C)(C)[Si](C)(C)Cl.CN(C)C=Nc1ncnc2c1ncn2C1CC(O)C(CO)O1.CN(C)C=Nc1ncnc2c1ncn2C1CC(O)C(CO[Si](C)(C)C(C)(C)C)O1.COC(OC)N(C)C.Nc1ncnc2c1ncn2C1CC(O)C(CO)O1.[H-].[Na+]. The molecule has 12 atom stereocenters. The van der Waals surface area contributed by atoms with Crippen molar-refractivity contribution in [1.29, 1.82) is 0 Å². The summed E-state index contributed by atoms with van der Waals surface area (Å²) in [6.07, 6.45) is 23.6. The number of imidazole rings is 4. The first kappa shape index (κ1) is 109. The van der Waals surface area contributed by atoms with Crippen LogP contribution in [0.4, 0.5) is 23.3 Å². The van der Waals surface area contributed by atoms with Crippen molar-refractivity contribution in [3.63, 3.8) is 0 Å². The summed E-state index contributed by atoms with van der Waals surface area (Å²) < 4.78 is 59.2. The first-order chi connectivity index (χ1) is 56.7. The predicted octanol–water partition coefficient (Wildman–Crippen LogP) is 6.95. The van der Waals surface area contributed by atoms with Crippen LogP contribution in [0.25, 0.3) is 44.7 Å². The molecule has 0 amide bonds. The minimum atomic E-state index is -1.93. The summed E-state index contributed by atoms with van der Waals surface area (Å²) >= 11 is 9.16. The van der Waals surface area contributed by atoms with Gasteiger partial charge in [-0.05, 0) is 55.4 Å². The third-order valence-corrected chi connectivity index (χ3v) is 35.5. The Kier molecular flexibility index (Phi) is 43.3. The molecule has 0 spiro atoms. The van der Waals surface area contributed by atoms with Gasteiger partial charge in [0, 0.05) is 82.2 Å². The van der Waals surface area contributed by atoms with Crippen LogP contribution in [-0.2, 0) is 42.0 Å². The average molecular weight is 1870 g/mol. The van der Waals surface area contributed by atoms with Crippen LogP contribution in [0.5, 0.6) is 0 Å². The predicted molar refractivity (Wildman–Crippen MR) is 487 cm³/mol. The van der Waals surface area contributed by atoms with E-state index in [4.69, 9.17) is 76.8 Å². The average Bonchev–Trinajstić information content (AvgIpc) is 1.66. The minimum absolute atomic E-state index is 0. The smallest absolute Gasteiger partial charge is 1.00 e. The molecule has 44 heteroatoms. The van der Waals surface area contributed by atoms with E-state index < -0.39 is 67.0 Å². The molecule has 0 bridgehead atoms. The molecule has 12 rings (SSSR count). The Labute approximate surface area is 763 Å². The van der Waals surface area contributed by atoms with Crippen molar-refractivity contribution >= 4 is 138 Å². The number of ether oxygens (including phenoxy) is 7. The fraction of sp³-hybridized carbons (Fsp3) is 0.658. The van der Waals surface area contributed by atoms with E-state index in [1.165, 1.54) is 25.3 Å². The van der Waals surface area contributed by atoms with Crippen LogP contribution in [0.3, 0.4) is 0 Å². The van der Waals surface area contributed by atoms with Crippen molar-refractivity contribution in [3.8, 4) is 24.7 Å². The molecule has 4 aliphatic rings. The molecule has 12 unspecified atom stereocenters. The summed E-state index contributed by atoms with van der Waals surface area (Å²) in [5.41, 5.74) is 10.4. The topological polar surface area (TPSA) is 435 Å². The van der Waals surface area contributed by atoms with Crippen LogP contribution in [0.1, 0.15) is 122 Å². The number of aliphatic imine (C=N–C) groups is 3. The molecule has 0 saturated carbocycles. The Morgan fingerprint density at radius 1 is 0.528 bits per heavy atom. The van der Waals surface area contributed by atoms with Crippen LogP contribution in [0.15, 0.2) is 65.6 Å². The third kappa shape index (κ3) is 30.5. The number of hydrogen-bond donors (Lipinski definition) is 6. The van der Waals surface area contributed by atoms with E-state index in [1.807, 2.05) is 80.2 Å². The van der Waals surface area contributed by atoms with E-state index in [1.54, 1.807) is 72.6 Å². The van der Waals surface area contributed by atoms with Gasteiger partial charge < -0.3 is 89.4 Å². The molecular formula is C79H133BrClN24NaO14Si3. The van der Waals surface area contributed by atoms with Crippen LogP contribution in [0.2, 0.25) is 54.4 Å². The number of aliphatic hydroxyl groups excluding tert-OH is 5. The Balaban J connectivity index is 0.000000399. The van der Waals surface area contributed by atoms with Gasteiger partial charge in [-0.15, -0.1) is 12.8 Å². The van der Waals surface area contributed by atoms with E-state index in [-0.39, 0.29) is 105 Å². The van der Waals surface area contributed by atoms with Gasteiger partial charge in [0.25, 0.3) is 0 Å². The van der Waals surface area contributed by atoms with Gasteiger partial charge in [-0.2, -0.15) is 11.1 Å². The summed E-state index contributed by atoms with van der Waals surface area (Å²) in [6.45, 7) is 33.7. The van der Waals surface area contributed by atoms with Crippen molar-refractivity contribution in [1.82, 2.24) is 97.7 Å². The number of halogens is 2. The van der Waals surface area contributed by atoms with Crippen LogP contribution in [-0.4, -0.2) is 330 Å². The molecule has 0 radical (unpaired) electrons. The third-order valence-electron chi connectivity index (χ3n) is 20.9. The number of anilines is 1. The largest absolute Gasteiger partial charge is 1.00 e. The standard InChI is InChI=1S/C22H34N6O3Si.C19H32N6O3Si.C13H18N6O3.C10H13N5O3.C6H15ClSi.C5H13NO2.C3H3Br.CH4.Na.H/c1-9-10-29-16-11-18(31-17(16)12-30-32(7,8)22(2,3)4)28-15-25-19-20(26-14-27(5)6)23-13-24-21(19)28;1-19(2,3)29(6,7)27-9-14-13(26)8-15(28-14)25-12-22-16-17(23-11-24(4)5)20-10-21-18(16)25;1-18(2)6-17-12-11-13(15-5-14-12)19(7-16-11)10-3-8(21)9(4-20)22-10;11-9-8-10(13-3-12-9)15(4-14-8)7-1-5(17)6(2-16)18-7;1-6(2,3)8(4,5)7;1-6(2)5(7-3)8-4;1-2-3-4;;;/h1,13-18H,10-12H2,2-8H3;10-15,26H,8-9H2,1-7H3;5-10,20-21H,3-4H2,1-2H3;3-7,16-17H,1-2H2,(H2,11,12,13);1-5H3;5H,1-4H3;1H,3H2;1H4;;/q;;;;;;;;+1;-1. The molecule has 680 valence electrons. The number of hydrogen-bond acceptors (Lipinski definition) is 31. The Morgan fingerprint density at radius 3 is 1.11 bits per heavy atom. The van der Waals surface area contributed by atoms with E-state index in [0.29, 0.717) is 117 Å². The van der Waals surface area contributed by atoms with Gasteiger partial charge in [0.1, 0.15) is 86.8 Å². The number of alkyl halides is 1. The number of methoxy groups -OCH3 is 2. The quantitative estimate of drug-likeness (QED) is 0.00717. The monoisotopic (exact) mass is 1860 g/mol. The Hall–Kier alpha value is -6.65. The number of fused-ring (bicyclic) bond motifs is 4. The Bertz CT molecular complexity index is 4690. The minimum Gasteiger partial charge on any atom is -1.00 e. The number of nitrogens with zero attached hydrogens (tertiary/aromatic N) is 23. The molecule has 4 fully saturated rings. The number of terminal acetylenes is 2. The molecule has 12 heterocycles. The van der Waals surface area contributed by atoms with Gasteiger partial charge in [0.2, 0.25) is 6.41 Å². The zero-order valence-electron chi connectivity index (χ0n) is 76.6. The number of nitrogens with two attached hydrogens (primary N) is 1. The molecule has 123 heavy (non-hydrogen) atoms. The van der Waals surface area contributed by atoms with E-state index in [9.17, 15) is 20.4 Å². The maximum Gasteiger partial charge on any atom is 1.00 e. The first-order valence-corrected chi connectivity index (χ1v) is 50.3. The number of aliphatic hydroxyl groups is 5. The van der Waals surface area contributed by atoms with Crippen molar-refractivity contribution < 1.29 is 98.5 Å². The van der Waals surface area contributed by atoms with Crippen molar-refractivity contribution in [2.24, 2.45) is 15.0 Å². The maximum absolute atomic E-state index is 10.5. The van der Waals surface area contributed by atoms with Gasteiger partial charge in [0.15, 0.2) is 86.4 Å².